The van der Waals surface area contributed by atoms with Gasteiger partial charge in [-0.2, -0.15) is 0 Å². The van der Waals surface area contributed by atoms with Gasteiger partial charge in [-0.1, -0.05) is 19.4 Å². The number of carbonyl (C=O) groups is 2. The lowest BCUT2D eigenvalue weighted by atomic mass is 10.1. The Morgan fingerprint density at radius 2 is 2.14 bits per heavy atom. The Balaban J connectivity index is 2.14. The van der Waals surface area contributed by atoms with Gasteiger partial charge in [0.05, 0.1) is 13.7 Å². The van der Waals surface area contributed by atoms with E-state index in [0.29, 0.717) is 18.7 Å². The van der Waals surface area contributed by atoms with E-state index in [-0.39, 0.29) is 18.5 Å². The fourth-order valence-electron chi connectivity index (χ4n) is 2.48. The molecule has 1 aliphatic rings. The Hall–Kier alpha value is -2.08. The number of rotatable bonds is 6. The highest BCUT2D eigenvalue weighted by Gasteiger charge is 2.37. The van der Waals surface area contributed by atoms with Crippen molar-refractivity contribution in [2.45, 2.75) is 38.9 Å². The van der Waals surface area contributed by atoms with Gasteiger partial charge in [0.15, 0.2) is 0 Å². The van der Waals surface area contributed by atoms with E-state index in [1.807, 2.05) is 19.1 Å². The van der Waals surface area contributed by atoms with Gasteiger partial charge in [-0.25, -0.2) is 4.79 Å². The molecule has 114 valence electrons. The molecule has 1 fully saturated rings. The van der Waals surface area contributed by atoms with Crippen LogP contribution in [0.5, 0.6) is 5.75 Å². The Morgan fingerprint density at radius 1 is 1.38 bits per heavy atom. The van der Waals surface area contributed by atoms with Crippen molar-refractivity contribution >= 4 is 11.9 Å². The van der Waals surface area contributed by atoms with Crippen molar-refractivity contribution in [1.29, 1.82) is 0 Å². The van der Waals surface area contributed by atoms with Crippen LogP contribution in [0.15, 0.2) is 18.2 Å². The van der Waals surface area contributed by atoms with Crippen LogP contribution < -0.4 is 15.8 Å². The number of urea groups is 1. The standard InChI is InChI=1S/C15H21N3O3/c1-3-4-12-14(19)18(15(20)17-12)9-10-5-6-13(21-2)11(7-10)8-16/h5-7,12H,3-4,8-9,16H2,1-2H3,(H,17,20). The summed E-state index contributed by atoms with van der Waals surface area (Å²) in [4.78, 5) is 25.3. The van der Waals surface area contributed by atoms with E-state index in [9.17, 15) is 9.59 Å². The fraction of sp³-hybridized carbons (Fsp3) is 0.467. The predicted octanol–water partition coefficient (Wildman–Crippen LogP) is 1.37. The van der Waals surface area contributed by atoms with Crippen LogP contribution in [0.25, 0.3) is 0 Å². The minimum atomic E-state index is -0.394. The minimum Gasteiger partial charge on any atom is -0.496 e. The third-order valence-corrected chi connectivity index (χ3v) is 3.59. The van der Waals surface area contributed by atoms with Crippen LogP contribution in [0.2, 0.25) is 0 Å². The summed E-state index contributed by atoms with van der Waals surface area (Å²) in [5, 5.41) is 2.71. The molecule has 1 aliphatic heterocycles. The molecule has 0 spiro atoms. The molecule has 0 bridgehead atoms. The zero-order valence-electron chi connectivity index (χ0n) is 12.4. The highest BCUT2D eigenvalue weighted by Crippen LogP contribution is 2.21. The summed E-state index contributed by atoms with van der Waals surface area (Å²) in [5.74, 6) is 0.550. The van der Waals surface area contributed by atoms with Crippen molar-refractivity contribution in [3.05, 3.63) is 29.3 Å². The number of ether oxygens (including phenoxy) is 1. The molecular formula is C15H21N3O3. The first-order valence-electron chi connectivity index (χ1n) is 7.08. The quantitative estimate of drug-likeness (QED) is 0.775. The minimum absolute atomic E-state index is 0.160. The molecule has 1 heterocycles. The van der Waals surface area contributed by atoms with Crippen LogP contribution >= 0.6 is 0 Å². The number of hydrogen-bond acceptors (Lipinski definition) is 4. The van der Waals surface area contributed by atoms with Crippen LogP contribution in [-0.4, -0.2) is 30.0 Å². The monoisotopic (exact) mass is 291 g/mol. The smallest absolute Gasteiger partial charge is 0.325 e. The maximum Gasteiger partial charge on any atom is 0.325 e. The summed E-state index contributed by atoms with van der Waals surface area (Å²) in [6, 6.07) is 4.79. The second-order valence-electron chi connectivity index (χ2n) is 5.07. The Bertz CT molecular complexity index is 545. The normalized spacial score (nSPS) is 18.0. The van der Waals surface area contributed by atoms with E-state index in [1.54, 1.807) is 13.2 Å². The van der Waals surface area contributed by atoms with Crippen molar-refractivity contribution < 1.29 is 14.3 Å². The zero-order valence-corrected chi connectivity index (χ0v) is 12.4. The van der Waals surface area contributed by atoms with Gasteiger partial charge in [-0.05, 0) is 24.1 Å². The van der Waals surface area contributed by atoms with Gasteiger partial charge in [-0.3, -0.25) is 9.69 Å². The second-order valence-corrected chi connectivity index (χ2v) is 5.07. The number of imide groups is 1. The number of hydrogen-bond donors (Lipinski definition) is 2. The number of nitrogens with two attached hydrogens (primary N) is 1. The van der Waals surface area contributed by atoms with Crippen LogP contribution in [-0.2, 0) is 17.9 Å². The molecule has 21 heavy (non-hydrogen) atoms. The lowest BCUT2D eigenvalue weighted by molar-refractivity contribution is -0.128. The van der Waals surface area contributed by atoms with E-state index in [4.69, 9.17) is 10.5 Å². The van der Waals surface area contributed by atoms with E-state index < -0.39 is 6.04 Å². The molecule has 0 aromatic heterocycles. The summed E-state index contributed by atoms with van der Waals surface area (Å²) >= 11 is 0. The van der Waals surface area contributed by atoms with E-state index in [2.05, 4.69) is 5.32 Å². The number of amides is 3. The molecule has 2 rings (SSSR count). The molecule has 3 N–H and O–H groups in total. The van der Waals surface area contributed by atoms with Gasteiger partial charge in [0.25, 0.3) is 5.91 Å². The molecule has 0 aliphatic carbocycles. The first-order valence-corrected chi connectivity index (χ1v) is 7.08. The molecule has 1 atom stereocenters. The molecule has 3 amide bonds. The summed E-state index contributed by atoms with van der Waals surface area (Å²) in [6.45, 7) is 2.58. The topological polar surface area (TPSA) is 84.7 Å². The van der Waals surface area contributed by atoms with Gasteiger partial charge >= 0.3 is 6.03 Å². The average molecular weight is 291 g/mol. The molecule has 1 aromatic rings. The van der Waals surface area contributed by atoms with Gasteiger partial charge in [0, 0.05) is 12.1 Å². The van der Waals surface area contributed by atoms with Gasteiger partial charge in [-0.15, -0.1) is 0 Å². The van der Waals surface area contributed by atoms with Crippen LogP contribution in [0.1, 0.15) is 30.9 Å². The first-order chi connectivity index (χ1) is 10.1. The number of nitrogens with zero attached hydrogens (tertiary/aromatic N) is 1. The maximum atomic E-state index is 12.2. The van der Waals surface area contributed by atoms with Crippen molar-refractivity contribution in [1.82, 2.24) is 10.2 Å². The Kier molecular flexibility index (Phi) is 4.80. The summed E-state index contributed by atoms with van der Waals surface area (Å²) in [7, 11) is 1.58. The second kappa shape index (κ2) is 6.58. The number of benzene rings is 1. The molecule has 1 saturated heterocycles. The fourth-order valence-corrected chi connectivity index (χ4v) is 2.48. The van der Waals surface area contributed by atoms with Gasteiger partial charge < -0.3 is 15.8 Å². The van der Waals surface area contributed by atoms with Gasteiger partial charge in [0.2, 0.25) is 0 Å². The number of carbonyl (C=O) groups excluding carboxylic acids is 2. The van der Waals surface area contributed by atoms with E-state index in [1.165, 1.54) is 4.90 Å². The third kappa shape index (κ3) is 3.16. The summed E-state index contributed by atoms with van der Waals surface area (Å²) in [6.07, 6.45) is 1.52. The van der Waals surface area contributed by atoms with E-state index in [0.717, 1.165) is 17.5 Å². The molecule has 0 radical (unpaired) electrons. The SMILES string of the molecule is CCCC1NC(=O)N(Cc2ccc(OC)c(CN)c2)C1=O. The highest BCUT2D eigenvalue weighted by atomic mass is 16.5. The molecule has 1 aromatic carbocycles. The van der Waals surface area contributed by atoms with Crippen molar-refractivity contribution in [2.75, 3.05) is 7.11 Å². The summed E-state index contributed by atoms with van der Waals surface area (Å²) in [5.41, 5.74) is 7.39. The van der Waals surface area contributed by atoms with Crippen molar-refractivity contribution in [3.63, 3.8) is 0 Å². The van der Waals surface area contributed by atoms with Crippen LogP contribution in [0.3, 0.4) is 0 Å². The molecule has 0 saturated carbocycles. The lowest BCUT2D eigenvalue weighted by Gasteiger charge is -2.15. The number of methoxy groups -OCH3 is 1. The van der Waals surface area contributed by atoms with Crippen LogP contribution in [0.4, 0.5) is 4.79 Å². The predicted molar refractivity (Wildman–Crippen MR) is 78.7 cm³/mol. The molecule has 6 heteroatoms. The molecule has 1 unspecified atom stereocenters. The summed E-state index contributed by atoms with van der Waals surface area (Å²) < 4.78 is 5.21. The number of nitrogens with one attached hydrogen (secondary N) is 1. The Labute approximate surface area is 124 Å². The highest BCUT2D eigenvalue weighted by molar-refractivity contribution is 6.04. The van der Waals surface area contributed by atoms with Crippen molar-refractivity contribution in [2.24, 2.45) is 5.73 Å². The largest absolute Gasteiger partial charge is 0.496 e. The van der Waals surface area contributed by atoms with Crippen molar-refractivity contribution in [3.8, 4) is 5.75 Å². The van der Waals surface area contributed by atoms with Gasteiger partial charge in [0.1, 0.15) is 11.8 Å². The van der Waals surface area contributed by atoms with E-state index >= 15 is 0 Å². The maximum absolute atomic E-state index is 12.2. The van der Waals surface area contributed by atoms with Crippen LogP contribution in [0, 0.1) is 0 Å². The Morgan fingerprint density at radius 3 is 2.76 bits per heavy atom. The average Bonchev–Trinajstić information content (AvgIpc) is 2.75. The molecular weight excluding hydrogens is 270 g/mol. The first kappa shape index (κ1) is 15.3. The zero-order chi connectivity index (χ0) is 15.4. The molecule has 6 nitrogen and oxygen atoms in total. The third-order valence-electron chi connectivity index (χ3n) is 3.59. The lowest BCUT2D eigenvalue weighted by Crippen LogP contribution is -2.31.